The largest absolute Gasteiger partial charge is 0.479 e. The Bertz CT molecular complexity index is 337. The lowest BCUT2D eigenvalue weighted by Crippen LogP contribution is -2.45. The van der Waals surface area contributed by atoms with E-state index in [1.807, 2.05) is 0 Å². The van der Waals surface area contributed by atoms with Gasteiger partial charge in [-0.05, 0) is 37.7 Å². The highest BCUT2D eigenvalue weighted by molar-refractivity contribution is 5.76. The zero-order chi connectivity index (χ0) is 10.9. The van der Waals surface area contributed by atoms with Crippen molar-refractivity contribution in [1.82, 2.24) is 9.78 Å². The van der Waals surface area contributed by atoms with E-state index in [0.717, 1.165) is 12.8 Å². The van der Waals surface area contributed by atoms with Gasteiger partial charge in [-0.1, -0.05) is 6.92 Å². The molecule has 15 heavy (non-hydrogen) atoms. The molecule has 1 aliphatic carbocycles. The van der Waals surface area contributed by atoms with E-state index in [0.29, 0.717) is 18.8 Å². The van der Waals surface area contributed by atoms with Crippen molar-refractivity contribution in [3.63, 3.8) is 0 Å². The Morgan fingerprint density at radius 3 is 2.67 bits per heavy atom. The maximum absolute atomic E-state index is 11.4. The van der Waals surface area contributed by atoms with E-state index in [1.165, 1.54) is 0 Å². The molecule has 0 radical (unpaired) electrons. The van der Waals surface area contributed by atoms with Crippen LogP contribution in [0.3, 0.4) is 0 Å². The molecule has 0 amide bonds. The maximum Gasteiger partial charge on any atom is 0.331 e. The van der Waals surface area contributed by atoms with E-state index in [4.69, 9.17) is 0 Å². The van der Waals surface area contributed by atoms with Gasteiger partial charge in [-0.3, -0.25) is 4.68 Å². The van der Waals surface area contributed by atoms with E-state index < -0.39 is 11.5 Å². The van der Waals surface area contributed by atoms with E-state index in [1.54, 1.807) is 23.1 Å². The first-order valence-electron chi connectivity index (χ1n) is 5.39. The van der Waals surface area contributed by atoms with Crippen LogP contribution >= 0.6 is 0 Å². The van der Waals surface area contributed by atoms with Crippen LogP contribution in [0.15, 0.2) is 18.5 Å². The number of carbonyl (C=O) groups is 1. The lowest BCUT2D eigenvalue weighted by molar-refractivity contribution is -0.150. The quantitative estimate of drug-likeness (QED) is 0.807. The third-order valence-electron chi connectivity index (χ3n) is 3.44. The van der Waals surface area contributed by atoms with Crippen LogP contribution < -0.4 is 0 Å². The van der Waals surface area contributed by atoms with Crippen LogP contribution in [0, 0.1) is 5.92 Å². The van der Waals surface area contributed by atoms with Gasteiger partial charge in [0.05, 0.1) is 0 Å². The molecule has 2 rings (SSSR count). The lowest BCUT2D eigenvalue weighted by atomic mass is 9.77. The highest BCUT2D eigenvalue weighted by Crippen LogP contribution is 2.37. The smallest absolute Gasteiger partial charge is 0.331 e. The fourth-order valence-electron chi connectivity index (χ4n) is 2.30. The van der Waals surface area contributed by atoms with Gasteiger partial charge < -0.3 is 5.11 Å². The lowest BCUT2D eigenvalue weighted by Gasteiger charge is -2.35. The first-order chi connectivity index (χ1) is 7.15. The molecule has 1 heterocycles. The fraction of sp³-hybridized carbons (Fsp3) is 0.636. The molecule has 0 bridgehead atoms. The second-order valence-electron chi connectivity index (χ2n) is 4.47. The van der Waals surface area contributed by atoms with Gasteiger partial charge in [0.25, 0.3) is 0 Å². The molecule has 4 heteroatoms. The van der Waals surface area contributed by atoms with Gasteiger partial charge in [0.2, 0.25) is 0 Å². The van der Waals surface area contributed by atoms with Crippen molar-refractivity contribution in [3.8, 4) is 0 Å². The SMILES string of the molecule is CC1CCC(C(=O)O)(n2cccn2)CC1. The monoisotopic (exact) mass is 208 g/mol. The topological polar surface area (TPSA) is 55.1 Å². The minimum absolute atomic E-state index is 0.632. The molecule has 1 N–H and O–H groups in total. The Kier molecular flexibility index (Phi) is 2.50. The Morgan fingerprint density at radius 1 is 1.53 bits per heavy atom. The molecule has 1 aromatic heterocycles. The van der Waals surface area contributed by atoms with Crippen LogP contribution in [-0.2, 0) is 10.3 Å². The third kappa shape index (κ3) is 1.64. The average molecular weight is 208 g/mol. The molecule has 0 unspecified atom stereocenters. The van der Waals surface area contributed by atoms with Crippen LogP contribution in [0.4, 0.5) is 0 Å². The Hall–Kier alpha value is -1.32. The van der Waals surface area contributed by atoms with Crippen molar-refractivity contribution in [1.29, 1.82) is 0 Å². The molecule has 1 aromatic rings. The second kappa shape index (κ2) is 3.68. The Labute approximate surface area is 88.9 Å². The number of hydrogen-bond acceptors (Lipinski definition) is 2. The molecular weight excluding hydrogens is 192 g/mol. The highest BCUT2D eigenvalue weighted by Gasteiger charge is 2.43. The summed E-state index contributed by atoms with van der Waals surface area (Å²) in [6, 6.07) is 1.78. The number of nitrogens with zero attached hydrogens (tertiary/aromatic N) is 2. The maximum atomic E-state index is 11.4. The van der Waals surface area contributed by atoms with Crippen LogP contribution in [-0.4, -0.2) is 20.9 Å². The number of carboxylic acid groups (broad SMARTS) is 1. The Morgan fingerprint density at radius 2 is 2.20 bits per heavy atom. The van der Waals surface area contributed by atoms with Crippen molar-refractivity contribution in [2.24, 2.45) is 5.92 Å². The zero-order valence-corrected chi connectivity index (χ0v) is 8.89. The summed E-state index contributed by atoms with van der Waals surface area (Å²) in [7, 11) is 0. The standard InChI is InChI=1S/C11H16N2O2/c1-9-3-5-11(6-4-9,10(14)15)13-8-2-7-12-13/h2,7-9H,3-6H2,1H3,(H,14,15). The van der Waals surface area contributed by atoms with Crippen molar-refractivity contribution < 1.29 is 9.90 Å². The summed E-state index contributed by atoms with van der Waals surface area (Å²) in [6.45, 7) is 2.18. The van der Waals surface area contributed by atoms with Crippen LogP contribution in [0.25, 0.3) is 0 Å². The number of aromatic nitrogens is 2. The molecule has 0 aliphatic heterocycles. The molecule has 0 saturated heterocycles. The molecule has 0 atom stereocenters. The summed E-state index contributed by atoms with van der Waals surface area (Å²) in [6.07, 6.45) is 6.70. The third-order valence-corrected chi connectivity index (χ3v) is 3.44. The van der Waals surface area contributed by atoms with E-state index >= 15 is 0 Å². The Balaban J connectivity index is 2.30. The molecular formula is C11H16N2O2. The molecule has 1 fully saturated rings. The van der Waals surface area contributed by atoms with E-state index in [9.17, 15) is 9.90 Å². The van der Waals surface area contributed by atoms with Crippen LogP contribution in [0.1, 0.15) is 32.6 Å². The predicted molar refractivity (Wildman–Crippen MR) is 55.5 cm³/mol. The average Bonchev–Trinajstić information content (AvgIpc) is 2.72. The molecule has 82 valence electrons. The van der Waals surface area contributed by atoms with Gasteiger partial charge in [0.15, 0.2) is 5.54 Å². The number of carboxylic acids is 1. The molecule has 4 nitrogen and oxygen atoms in total. The van der Waals surface area contributed by atoms with Gasteiger partial charge in [0, 0.05) is 12.4 Å². The van der Waals surface area contributed by atoms with Gasteiger partial charge in [-0.2, -0.15) is 5.10 Å². The summed E-state index contributed by atoms with van der Waals surface area (Å²) in [5.74, 6) is -0.119. The van der Waals surface area contributed by atoms with Crippen molar-refractivity contribution in [2.75, 3.05) is 0 Å². The second-order valence-corrected chi connectivity index (χ2v) is 4.47. The zero-order valence-electron chi connectivity index (χ0n) is 8.89. The number of hydrogen-bond donors (Lipinski definition) is 1. The van der Waals surface area contributed by atoms with E-state index in [-0.39, 0.29) is 0 Å². The predicted octanol–water partition coefficient (Wildman–Crippen LogP) is 1.87. The van der Waals surface area contributed by atoms with Crippen molar-refractivity contribution in [2.45, 2.75) is 38.1 Å². The van der Waals surface area contributed by atoms with Crippen molar-refractivity contribution >= 4 is 5.97 Å². The minimum Gasteiger partial charge on any atom is -0.479 e. The first-order valence-corrected chi connectivity index (χ1v) is 5.39. The van der Waals surface area contributed by atoms with Crippen LogP contribution in [0.5, 0.6) is 0 Å². The van der Waals surface area contributed by atoms with Gasteiger partial charge in [-0.15, -0.1) is 0 Å². The summed E-state index contributed by atoms with van der Waals surface area (Å²) in [4.78, 5) is 11.4. The summed E-state index contributed by atoms with van der Waals surface area (Å²) in [5, 5.41) is 13.5. The molecule has 1 aliphatic rings. The number of aliphatic carboxylic acids is 1. The van der Waals surface area contributed by atoms with E-state index in [2.05, 4.69) is 12.0 Å². The number of rotatable bonds is 2. The molecule has 1 saturated carbocycles. The first kappa shape index (κ1) is 10.2. The molecule has 0 aromatic carbocycles. The van der Waals surface area contributed by atoms with Gasteiger partial charge in [-0.25, -0.2) is 4.79 Å². The molecule has 0 spiro atoms. The summed E-state index contributed by atoms with van der Waals surface area (Å²) >= 11 is 0. The highest BCUT2D eigenvalue weighted by atomic mass is 16.4. The fourth-order valence-corrected chi connectivity index (χ4v) is 2.30. The summed E-state index contributed by atoms with van der Waals surface area (Å²) in [5.41, 5.74) is -0.796. The van der Waals surface area contributed by atoms with Gasteiger partial charge in [0.1, 0.15) is 0 Å². The van der Waals surface area contributed by atoms with Gasteiger partial charge >= 0.3 is 5.97 Å². The summed E-state index contributed by atoms with van der Waals surface area (Å²) < 4.78 is 1.61. The normalized spacial score (nSPS) is 31.4. The van der Waals surface area contributed by atoms with Crippen molar-refractivity contribution in [3.05, 3.63) is 18.5 Å². The van der Waals surface area contributed by atoms with Crippen LogP contribution in [0.2, 0.25) is 0 Å². The minimum atomic E-state index is -0.796.